The van der Waals surface area contributed by atoms with Crippen molar-refractivity contribution >= 4 is 40.2 Å². The van der Waals surface area contributed by atoms with Crippen molar-refractivity contribution in [2.45, 2.75) is 13.8 Å². The van der Waals surface area contributed by atoms with Crippen LogP contribution in [0.2, 0.25) is 5.02 Å². The van der Waals surface area contributed by atoms with E-state index in [4.69, 9.17) is 21.4 Å². The van der Waals surface area contributed by atoms with Crippen molar-refractivity contribution in [3.05, 3.63) is 75.4 Å². The lowest BCUT2D eigenvalue weighted by Gasteiger charge is -2.18. The Morgan fingerprint density at radius 2 is 2.13 bits per heavy atom. The molecule has 0 spiro atoms. The molecular weight excluding hydrogens is 432 g/mol. The number of fused-ring (bicyclic) bond motifs is 1. The van der Waals surface area contributed by atoms with E-state index in [0.29, 0.717) is 23.0 Å². The van der Waals surface area contributed by atoms with E-state index in [1.165, 1.54) is 11.3 Å². The fourth-order valence-corrected chi connectivity index (χ4v) is 4.09. The van der Waals surface area contributed by atoms with Crippen LogP contribution in [0, 0.1) is 0 Å². The smallest absolute Gasteiger partial charge is 0.262 e. The fraction of sp³-hybridized carbons (Fsp3) is 0.174. The summed E-state index contributed by atoms with van der Waals surface area (Å²) in [5, 5.41) is 10.4. The van der Waals surface area contributed by atoms with Gasteiger partial charge in [0.2, 0.25) is 4.80 Å². The molecule has 0 atom stereocenters. The monoisotopic (exact) mass is 452 g/mol. The maximum atomic E-state index is 11.7. The molecule has 1 N–H and O–H groups in total. The van der Waals surface area contributed by atoms with Crippen molar-refractivity contribution in [3.63, 3.8) is 0 Å². The number of hydrogen-bond acceptors (Lipinski definition) is 5. The minimum Gasteiger partial charge on any atom is -0.482 e. The molecule has 1 amide bonds. The topological polar surface area (TPSA) is 68.0 Å². The van der Waals surface area contributed by atoms with Gasteiger partial charge in [0.05, 0.1) is 23.6 Å². The number of ether oxygens (including phenoxy) is 1. The first-order valence-electron chi connectivity index (χ1n) is 9.65. The molecule has 0 saturated carbocycles. The molecule has 2 heterocycles. The lowest BCUT2D eigenvalue weighted by Crippen LogP contribution is -2.25. The molecule has 8 heteroatoms. The Kier molecular flexibility index (Phi) is 6.06. The summed E-state index contributed by atoms with van der Waals surface area (Å²) in [5.74, 6) is 0.478. The van der Waals surface area contributed by atoms with Gasteiger partial charge in [0.15, 0.2) is 6.61 Å². The Morgan fingerprint density at radius 3 is 2.90 bits per heavy atom. The summed E-state index contributed by atoms with van der Waals surface area (Å²) in [5.41, 5.74) is 5.07. The number of aromatic nitrogens is 1. The Labute approximate surface area is 189 Å². The molecule has 31 heavy (non-hydrogen) atoms. The largest absolute Gasteiger partial charge is 0.482 e. The highest BCUT2D eigenvalue weighted by atomic mass is 35.5. The van der Waals surface area contributed by atoms with Crippen LogP contribution in [0.1, 0.15) is 19.4 Å². The van der Waals surface area contributed by atoms with Crippen LogP contribution in [0.15, 0.2) is 70.1 Å². The summed E-state index contributed by atoms with van der Waals surface area (Å²) in [7, 11) is 0. The number of carbonyl (C=O) groups excluding carboxylic acids is 1. The number of thiazole rings is 1. The van der Waals surface area contributed by atoms with Gasteiger partial charge in [-0.25, -0.2) is 4.68 Å². The first-order chi connectivity index (χ1) is 14.9. The summed E-state index contributed by atoms with van der Waals surface area (Å²) in [6, 6.07) is 13.3. The van der Waals surface area contributed by atoms with Crippen LogP contribution < -0.4 is 14.9 Å². The summed E-state index contributed by atoms with van der Waals surface area (Å²) in [6.07, 6.45) is 0. The predicted molar refractivity (Wildman–Crippen MR) is 126 cm³/mol. The summed E-state index contributed by atoms with van der Waals surface area (Å²) in [4.78, 5) is 17.1. The minimum atomic E-state index is -0.171. The normalized spacial score (nSPS) is 14.1. The minimum absolute atomic E-state index is 0.0256. The standard InChI is InChI=1S/C23H21ClN4O2S/c1-14(2)11-25-23-28(27-15(3)16-5-4-6-18(24)9-16)20(13-31-23)17-7-8-21-19(10-17)26-22(29)12-30-21/h4-10,13H,1,11-12H2,2-3H3,(H,26,29). The van der Waals surface area contributed by atoms with E-state index in [0.717, 1.165) is 32.9 Å². The number of halogens is 1. The summed E-state index contributed by atoms with van der Waals surface area (Å²) >= 11 is 7.65. The molecule has 0 fully saturated rings. The van der Waals surface area contributed by atoms with Crippen molar-refractivity contribution in [1.29, 1.82) is 0 Å². The van der Waals surface area contributed by atoms with Crippen LogP contribution in [-0.4, -0.2) is 29.4 Å². The first kappa shape index (κ1) is 21.1. The van der Waals surface area contributed by atoms with Crippen LogP contribution in [-0.2, 0) is 4.79 Å². The molecule has 2 aromatic carbocycles. The number of carbonyl (C=O) groups is 1. The van der Waals surface area contributed by atoms with Crippen molar-refractivity contribution in [3.8, 4) is 17.0 Å². The maximum Gasteiger partial charge on any atom is 0.262 e. The molecule has 158 valence electrons. The number of hydrogen-bond donors (Lipinski definition) is 1. The average Bonchev–Trinajstić information content (AvgIpc) is 3.14. The van der Waals surface area contributed by atoms with Gasteiger partial charge in [0, 0.05) is 16.0 Å². The van der Waals surface area contributed by atoms with E-state index in [9.17, 15) is 4.79 Å². The van der Waals surface area contributed by atoms with Gasteiger partial charge in [-0.1, -0.05) is 35.9 Å². The highest BCUT2D eigenvalue weighted by molar-refractivity contribution is 7.07. The average molecular weight is 453 g/mol. The van der Waals surface area contributed by atoms with E-state index < -0.39 is 0 Å². The fourth-order valence-electron chi connectivity index (χ4n) is 3.07. The van der Waals surface area contributed by atoms with E-state index >= 15 is 0 Å². The Morgan fingerprint density at radius 1 is 1.29 bits per heavy atom. The second kappa shape index (κ2) is 8.91. The van der Waals surface area contributed by atoms with Crippen LogP contribution >= 0.6 is 22.9 Å². The summed E-state index contributed by atoms with van der Waals surface area (Å²) < 4.78 is 7.29. The molecule has 0 radical (unpaired) electrons. The SMILES string of the molecule is C=C(C)CN=c1scc(-c2ccc3c(c2)NC(=O)CO3)n1N=C(C)c1cccc(Cl)c1. The van der Waals surface area contributed by atoms with Gasteiger partial charge in [0.1, 0.15) is 5.75 Å². The highest BCUT2D eigenvalue weighted by Gasteiger charge is 2.18. The van der Waals surface area contributed by atoms with Gasteiger partial charge >= 0.3 is 0 Å². The third-order valence-corrected chi connectivity index (χ3v) is 5.66. The van der Waals surface area contributed by atoms with Crippen molar-refractivity contribution in [2.75, 3.05) is 18.5 Å². The van der Waals surface area contributed by atoms with Crippen LogP contribution in [0.3, 0.4) is 0 Å². The third kappa shape index (κ3) is 4.78. The van der Waals surface area contributed by atoms with Gasteiger partial charge in [-0.3, -0.25) is 9.79 Å². The highest BCUT2D eigenvalue weighted by Crippen LogP contribution is 2.33. The molecule has 1 aromatic heterocycles. The maximum absolute atomic E-state index is 11.7. The second-order valence-corrected chi connectivity index (χ2v) is 8.51. The molecule has 1 aliphatic rings. The van der Waals surface area contributed by atoms with Gasteiger partial charge in [-0.05, 0) is 49.7 Å². The zero-order chi connectivity index (χ0) is 22.0. The molecule has 0 bridgehead atoms. The molecule has 0 unspecified atom stereocenters. The molecule has 4 rings (SSSR count). The second-order valence-electron chi connectivity index (χ2n) is 7.23. The van der Waals surface area contributed by atoms with E-state index in [2.05, 4.69) is 16.9 Å². The third-order valence-electron chi connectivity index (χ3n) is 4.57. The van der Waals surface area contributed by atoms with Gasteiger partial charge in [0.25, 0.3) is 5.91 Å². The van der Waals surface area contributed by atoms with Crippen molar-refractivity contribution in [2.24, 2.45) is 10.1 Å². The van der Waals surface area contributed by atoms with Crippen LogP contribution in [0.25, 0.3) is 11.3 Å². The van der Waals surface area contributed by atoms with Crippen molar-refractivity contribution < 1.29 is 9.53 Å². The Hall–Kier alpha value is -3.16. The molecule has 3 aromatic rings. The van der Waals surface area contributed by atoms with Crippen molar-refractivity contribution in [1.82, 2.24) is 4.68 Å². The van der Waals surface area contributed by atoms with Crippen LogP contribution in [0.5, 0.6) is 5.75 Å². The quantitative estimate of drug-likeness (QED) is 0.439. The molecular formula is C23H21ClN4O2S. The van der Waals surface area contributed by atoms with Gasteiger partial charge in [-0.2, -0.15) is 5.10 Å². The Bertz CT molecular complexity index is 1270. The lowest BCUT2D eigenvalue weighted by atomic mass is 10.1. The summed E-state index contributed by atoms with van der Waals surface area (Å²) in [6.45, 7) is 8.35. The van der Waals surface area contributed by atoms with E-state index in [1.54, 1.807) is 0 Å². The number of benzene rings is 2. The lowest BCUT2D eigenvalue weighted by molar-refractivity contribution is -0.118. The van der Waals surface area contributed by atoms with Gasteiger partial charge in [-0.15, -0.1) is 11.3 Å². The van der Waals surface area contributed by atoms with E-state index in [-0.39, 0.29) is 12.5 Å². The first-order valence-corrected chi connectivity index (χ1v) is 10.9. The van der Waals surface area contributed by atoms with Gasteiger partial charge < -0.3 is 10.1 Å². The molecule has 0 aliphatic carbocycles. The van der Waals surface area contributed by atoms with Crippen LogP contribution in [0.4, 0.5) is 5.69 Å². The number of nitrogens with zero attached hydrogens (tertiary/aromatic N) is 3. The molecule has 6 nitrogen and oxygen atoms in total. The number of anilines is 1. The molecule has 0 saturated heterocycles. The zero-order valence-electron chi connectivity index (χ0n) is 17.2. The predicted octanol–water partition coefficient (Wildman–Crippen LogP) is 4.95. The number of amides is 1. The number of nitrogens with one attached hydrogen (secondary N) is 1. The Balaban J connectivity index is 1.83. The zero-order valence-corrected chi connectivity index (χ0v) is 18.8. The molecule has 1 aliphatic heterocycles. The van der Waals surface area contributed by atoms with E-state index in [1.807, 2.05) is 66.4 Å². The number of rotatable bonds is 5.